The van der Waals surface area contributed by atoms with Crippen LogP contribution in [0, 0.1) is 0 Å². The van der Waals surface area contributed by atoms with Crippen LogP contribution in [0.25, 0.3) is 55.2 Å². The van der Waals surface area contributed by atoms with Gasteiger partial charge in [0.05, 0.1) is 15.9 Å². The molecular formula is C29H25N7OS. The van der Waals surface area contributed by atoms with E-state index in [1.807, 2.05) is 30.6 Å². The largest absolute Gasteiger partial charge is 0.335 e. The minimum Gasteiger partial charge on any atom is -0.335 e. The van der Waals surface area contributed by atoms with Crippen LogP contribution in [-0.2, 0) is 6.54 Å². The molecule has 38 heavy (non-hydrogen) atoms. The second kappa shape index (κ2) is 9.27. The normalized spacial score (nSPS) is 14.1. The van der Waals surface area contributed by atoms with Gasteiger partial charge in [-0.05, 0) is 80.4 Å². The Hall–Kier alpha value is -4.21. The molecule has 1 aromatic carbocycles. The van der Waals surface area contributed by atoms with E-state index < -0.39 is 0 Å². The number of ketones is 1. The van der Waals surface area contributed by atoms with Crippen molar-refractivity contribution in [3.8, 4) is 33.1 Å². The number of aromatic amines is 2. The summed E-state index contributed by atoms with van der Waals surface area (Å²) in [7, 11) is 0. The van der Waals surface area contributed by atoms with Gasteiger partial charge < -0.3 is 4.98 Å². The number of H-pyrrole nitrogens is 2. The minimum atomic E-state index is 0.0624. The highest BCUT2D eigenvalue weighted by atomic mass is 32.1. The van der Waals surface area contributed by atoms with Gasteiger partial charge in [-0.2, -0.15) is 5.10 Å². The summed E-state index contributed by atoms with van der Waals surface area (Å²) >= 11 is 1.47. The number of benzene rings is 1. The Kier molecular flexibility index (Phi) is 5.60. The van der Waals surface area contributed by atoms with E-state index in [0.717, 1.165) is 68.2 Å². The molecule has 5 aromatic heterocycles. The lowest BCUT2D eigenvalue weighted by molar-refractivity contribution is 0.102. The maximum absolute atomic E-state index is 11.8. The van der Waals surface area contributed by atoms with Gasteiger partial charge >= 0.3 is 0 Å². The summed E-state index contributed by atoms with van der Waals surface area (Å²) in [5.74, 6) is 0.708. The van der Waals surface area contributed by atoms with E-state index in [1.54, 1.807) is 13.1 Å². The average molecular weight is 520 g/mol. The third-order valence-electron chi connectivity index (χ3n) is 7.13. The van der Waals surface area contributed by atoms with E-state index in [9.17, 15) is 4.79 Å². The Bertz CT molecular complexity index is 1810. The highest BCUT2D eigenvalue weighted by Crippen LogP contribution is 2.35. The maximum atomic E-state index is 11.8. The monoisotopic (exact) mass is 519 g/mol. The van der Waals surface area contributed by atoms with E-state index in [0.29, 0.717) is 11.5 Å². The highest BCUT2D eigenvalue weighted by molar-refractivity contribution is 7.17. The molecule has 188 valence electrons. The first-order valence-electron chi connectivity index (χ1n) is 12.7. The second-order valence-corrected chi connectivity index (χ2v) is 10.8. The van der Waals surface area contributed by atoms with Crippen LogP contribution in [0.5, 0.6) is 0 Å². The number of imidazole rings is 1. The Morgan fingerprint density at radius 3 is 2.79 bits per heavy atom. The molecule has 8 nitrogen and oxygen atoms in total. The average Bonchev–Trinajstić information content (AvgIpc) is 3.74. The predicted octanol–water partition coefficient (Wildman–Crippen LogP) is 6.09. The Morgan fingerprint density at radius 2 is 1.95 bits per heavy atom. The molecule has 0 bridgehead atoms. The first-order chi connectivity index (χ1) is 18.6. The fourth-order valence-electron chi connectivity index (χ4n) is 5.21. The summed E-state index contributed by atoms with van der Waals surface area (Å²) in [6, 6.07) is 14.3. The molecule has 7 rings (SSSR count). The molecule has 1 aliphatic rings. The van der Waals surface area contributed by atoms with Crippen molar-refractivity contribution in [1.29, 1.82) is 0 Å². The number of fused-ring (bicyclic) bond motifs is 2. The van der Waals surface area contributed by atoms with Crippen LogP contribution >= 0.6 is 11.3 Å². The fraction of sp³-hybridized carbons (Fsp3) is 0.207. The summed E-state index contributed by atoms with van der Waals surface area (Å²) in [5, 5.41) is 8.72. The number of aromatic nitrogens is 6. The smallest absolute Gasteiger partial charge is 0.178 e. The number of rotatable bonds is 6. The number of hydrogen-bond acceptors (Lipinski definition) is 7. The SMILES string of the molecule is CC(=O)c1ccc(-c2ccnc3nc(-c4n[nH]c5ccc(-c6cncc(CN7CCCC7)c6)cc45)[nH]c23)s1. The molecule has 0 amide bonds. The van der Waals surface area contributed by atoms with Crippen molar-refractivity contribution in [3.05, 3.63) is 71.5 Å². The van der Waals surface area contributed by atoms with Gasteiger partial charge in [0, 0.05) is 46.5 Å². The molecule has 9 heteroatoms. The zero-order chi connectivity index (χ0) is 25.6. The molecule has 0 saturated carbocycles. The van der Waals surface area contributed by atoms with E-state index in [-0.39, 0.29) is 5.78 Å². The molecule has 1 saturated heterocycles. The summed E-state index contributed by atoms with van der Waals surface area (Å²) in [6.07, 6.45) is 8.19. The van der Waals surface area contributed by atoms with Gasteiger partial charge in [-0.25, -0.2) is 9.97 Å². The molecule has 0 unspecified atom stereocenters. The second-order valence-electron chi connectivity index (χ2n) is 9.76. The number of Topliss-reactive ketones (excluding diaryl/α,β-unsaturated/α-hetero) is 1. The van der Waals surface area contributed by atoms with Gasteiger partial charge in [-0.1, -0.05) is 6.07 Å². The molecule has 0 atom stereocenters. The lowest BCUT2D eigenvalue weighted by atomic mass is 10.0. The predicted molar refractivity (Wildman–Crippen MR) is 150 cm³/mol. The van der Waals surface area contributed by atoms with Crippen molar-refractivity contribution in [2.75, 3.05) is 13.1 Å². The molecule has 0 aliphatic carbocycles. The van der Waals surface area contributed by atoms with Gasteiger partial charge in [0.1, 0.15) is 5.69 Å². The van der Waals surface area contributed by atoms with Gasteiger partial charge in [0.2, 0.25) is 0 Å². The van der Waals surface area contributed by atoms with Crippen molar-refractivity contribution in [3.63, 3.8) is 0 Å². The molecule has 2 N–H and O–H groups in total. The van der Waals surface area contributed by atoms with Gasteiger partial charge in [0.15, 0.2) is 17.3 Å². The number of pyridine rings is 2. The van der Waals surface area contributed by atoms with Gasteiger partial charge in [0.25, 0.3) is 0 Å². The van der Waals surface area contributed by atoms with Crippen LogP contribution in [0.1, 0.15) is 35.0 Å². The molecular weight excluding hydrogens is 494 g/mol. The standard InChI is InChI=1S/C29H25N7OS/c1-17(37)24-6-7-25(38-24)21-8-9-31-28-26(21)32-29(33-28)27-22-13-19(4-5-23(22)34-35-27)20-12-18(14-30-15-20)16-36-10-2-3-11-36/h4-9,12-15H,2-3,10-11,16H2,1H3,(H,34,35)(H,31,32,33). The number of nitrogens with one attached hydrogen (secondary N) is 2. The van der Waals surface area contributed by atoms with Crippen molar-refractivity contribution in [2.45, 2.75) is 26.3 Å². The molecule has 6 aromatic rings. The topological polar surface area (TPSA) is 103 Å². The van der Waals surface area contributed by atoms with Crippen LogP contribution in [0.4, 0.5) is 0 Å². The zero-order valence-electron chi connectivity index (χ0n) is 20.9. The van der Waals surface area contributed by atoms with E-state index in [1.165, 1.54) is 29.7 Å². The van der Waals surface area contributed by atoms with Gasteiger partial charge in [-0.3, -0.25) is 19.8 Å². The highest BCUT2D eigenvalue weighted by Gasteiger charge is 2.18. The van der Waals surface area contributed by atoms with Crippen molar-refractivity contribution in [1.82, 2.24) is 35.0 Å². The van der Waals surface area contributed by atoms with E-state index >= 15 is 0 Å². The lowest BCUT2D eigenvalue weighted by Gasteiger charge is -2.14. The quantitative estimate of drug-likeness (QED) is 0.258. The Labute approximate surface area is 222 Å². The zero-order valence-corrected chi connectivity index (χ0v) is 21.7. The number of thiophene rings is 1. The van der Waals surface area contributed by atoms with Crippen molar-refractivity contribution in [2.24, 2.45) is 0 Å². The Balaban J connectivity index is 1.27. The summed E-state index contributed by atoms with van der Waals surface area (Å²) in [5.41, 5.74) is 7.48. The number of carbonyl (C=O) groups excluding carboxylic acids is 1. The third-order valence-corrected chi connectivity index (χ3v) is 8.35. The van der Waals surface area contributed by atoms with Crippen LogP contribution < -0.4 is 0 Å². The van der Waals surface area contributed by atoms with Crippen LogP contribution in [-0.4, -0.2) is 53.9 Å². The molecule has 0 radical (unpaired) electrons. The summed E-state index contributed by atoms with van der Waals surface area (Å²) in [4.78, 5) is 33.3. The maximum Gasteiger partial charge on any atom is 0.178 e. The van der Waals surface area contributed by atoms with Crippen molar-refractivity contribution >= 4 is 39.2 Å². The minimum absolute atomic E-state index is 0.0624. The number of hydrogen-bond donors (Lipinski definition) is 2. The summed E-state index contributed by atoms with van der Waals surface area (Å²) < 4.78 is 0. The van der Waals surface area contributed by atoms with Gasteiger partial charge in [-0.15, -0.1) is 11.3 Å². The number of likely N-dealkylation sites (tertiary alicyclic amines) is 1. The van der Waals surface area contributed by atoms with Crippen molar-refractivity contribution < 1.29 is 4.79 Å². The first-order valence-corrected chi connectivity index (χ1v) is 13.5. The third kappa shape index (κ3) is 4.09. The molecule has 0 spiro atoms. The first kappa shape index (κ1) is 22.9. The van der Waals surface area contributed by atoms with E-state index in [2.05, 4.69) is 54.3 Å². The number of carbonyl (C=O) groups is 1. The molecule has 1 aliphatic heterocycles. The van der Waals surface area contributed by atoms with Crippen LogP contribution in [0.15, 0.2) is 61.1 Å². The van der Waals surface area contributed by atoms with E-state index in [4.69, 9.17) is 4.98 Å². The van der Waals surface area contributed by atoms with Crippen LogP contribution in [0.3, 0.4) is 0 Å². The van der Waals surface area contributed by atoms with Crippen LogP contribution in [0.2, 0.25) is 0 Å². The number of nitrogens with zero attached hydrogens (tertiary/aromatic N) is 5. The molecule has 6 heterocycles. The summed E-state index contributed by atoms with van der Waals surface area (Å²) in [6.45, 7) is 4.84. The Morgan fingerprint density at radius 1 is 1.05 bits per heavy atom. The molecule has 1 fully saturated rings. The fourth-order valence-corrected chi connectivity index (χ4v) is 6.14. The lowest BCUT2D eigenvalue weighted by Crippen LogP contribution is -2.18.